The predicted molar refractivity (Wildman–Crippen MR) is 130 cm³/mol. The van der Waals surface area contributed by atoms with Crippen LogP contribution in [0, 0.1) is 0 Å². The summed E-state index contributed by atoms with van der Waals surface area (Å²) in [5, 5.41) is 0. The molecule has 7 nitrogen and oxygen atoms in total. The summed E-state index contributed by atoms with van der Waals surface area (Å²) in [6, 6.07) is 15.6. The van der Waals surface area contributed by atoms with Gasteiger partial charge in [0.2, 0.25) is 0 Å². The smallest absolute Gasteiger partial charge is 0.417 e. The molecule has 0 unspecified atom stereocenters. The van der Waals surface area contributed by atoms with Crippen molar-refractivity contribution in [2.24, 2.45) is 0 Å². The first-order chi connectivity index (χ1) is 16.6. The molecule has 1 aliphatic heterocycles. The summed E-state index contributed by atoms with van der Waals surface area (Å²) in [4.78, 5) is 39.2. The highest BCUT2D eigenvalue weighted by Gasteiger charge is 2.49. The molecule has 1 heterocycles. The maximum Gasteiger partial charge on any atom is 0.417 e. The molecule has 2 amide bonds. The van der Waals surface area contributed by atoms with Crippen LogP contribution in [-0.2, 0) is 37.6 Å². The van der Waals surface area contributed by atoms with E-state index >= 15 is 0 Å². The number of fused-ring (bicyclic) bond motifs is 1. The Balaban J connectivity index is 1.51. The van der Waals surface area contributed by atoms with Crippen molar-refractivity contribution in [3.8, 4) is 0 Å². The Bertz CT molecular complexity index is 1100. The zero-order valence-electron chi connectivity index (χ0n) is 20.8. The third-order valence-electron chi connectivity index (χ3n) is 6.49. The van der Waals surface area contributed by atoms with Crippen LogP contribution in [0.1, 0.15) is 74.0 Å². The lowest BCUT2D eigenvalue weighted by atomic mass is 9.60. The van der Waals surface area contributed by atoms with Crippen LogP contribution >= 0.6 is 0 Å². The molecule has 186 valence electrons. The number of carbonyl (C=O) groups is 3. The summed E-state index contributed by atoms with van der Waals surface area (Å²) in [5.41, 5.74) is 2.07. The van der Waals surface area contributed by atoms with E-state index in [1.807, 2.05) is 48.5 Å². The molecule has 2 aromatic rings. The lowest BCUT2D eigenvalue weighted by Gasteiger charge is -2.47. The predicted octanol–water partition coefficient (Wildman–Crippen LogP) is 5.15. The Morgan fingerprint density at radius 1 is 1.09 bits per heavy atom. The van der Waals surface area contributed by atoms with Crippen LogP contribution in [-0.4, -0.2) is 41.2 Å². The average molecular weight is 480 g/mol. The molecule has 0 bridgehead atoms. The van der Waals surface area contributed by atoms with Crippen molar-refractivity contribution in [2.75, 3.05) is 6.61 Å². The third-order valence-corrected chi connectivity index (χ3v) is 6.49. The van der Waals surface area contributed by atoms with E-state index in [0.717, 1.165) is 21.6 Å². The van der Waals surface area contributed by atoms with Crippen molar-refractivity contribution in [3.05, 3.63) is 70.8 Å². The van der Waals surface area contributed by atoms with Gasteiger partial charge in [-0.25, -0.2) is 9.69 Å². The highest BCUT2D eigenvalue weighted by atomic mass is 16.6. The van der Waals surface area contributed by atoms with Gasteiger partial charge in [0.15, 0.2) is 0 Å². The van der Waals surface area contributed by atoms with Gasteiger partial charge in [0, 0.05) is 11.0 Å². The van der Waals surface area contributed by atoms with E-state index in [9.17, 15) is 14.4 Å². The fourth-order valence-electron chi connectivity index (χ4n) is 4.78. The standard InChI is InChI=1S/C28H33NO6/c1-5-33-24(30)16-28(14-22(15-28)34-18-19-9-7-6-8-10-19)21-12-11-20-17-29(25(31)23(20)13-21)26(32)35-27(2,3)4/h6-13,22H,5,14-18H2,1-4H3. The van der Waals surface area contributed by atoms with E-state index < -0.39 is 17.1 Å². The second-order valence-electron chi connectivity index (χ2n) is 10.3. The molecular formula is C28H33NO6. The summed E-state index contributed by atoms with van der Waals surface area (Å²) >= 11 is 0. The Labute approximate surface area is 206 Å². The molecule has 2 aromatic carbocycles. The van der Waals surface area contributed by atoms with Gasteiger partial charge in [0.1, 0.15) is 5.60 Å². The molecule has 0 aromatic heterocycles. The first-order valence-electron chi connectivity index (χ1n) is 12.1. The molecule has 1 aliphatic carbocycles. The third kappa shape index (κ3) is 5.56. The van der Waals surface area contributed by atoms with E-state index in [1.165, 1.54) is 0 Å². The minimum atomic E-state index is -0.693. The fraction of sp³-hybridized carbons (Fsp3) is 0.464. The second kappa shape index (κ2) is 9.82. The van der Waals surface area contributed by atoms with Crippen LogP contribution in [0.3, 0.4) is 0 Å². The summed E-state index contributed by atoms with van der Waals surface area (Å²) < 4.78 is 16.8. The second-order valence-corrected chi connectivity index (χ2v) is 10.3. The molecule has 35 heavy (non-hydrogen) atoms. The Morgan fingerprint density at radius 2 is 1.80 bits per heavy atom. The number of rotatable bonds is 7. The number of hydrogen-bond acceptors (Lipinski definition) is 6. The number of carbonyl (C=O) groups excluding carboxylic acids is 3. The minimum Gasteiger partial charge on any atom is -0.466 e. The van der Waals surface area contributed by atoms with Gasteiger partial charge in [0.05, 0.1) is 32.3 Å². The molecule has 1 saturated carbocycles. The molecule has 0 radical (unpaired) electrons. The quantitative estimate of drug-likeness (QED) is 0.511. The molecular weight excluding hydrogens is 446 g/mol. The normalized spacial score (nSPS) is 21.3. The number of benzene rings is 2. The monoisotopic (exact) mass is 479 g/mol. The Morgan fingerprint density at radius 3 is 2.46 bits per heavy atom. The molecule has 1 fully saturated rings. The Kier molecular flexibility index (Phi) is 6.99. The zero-order chi connectivity index (χ0) is 25.2. The number of amides is 2. The van der Waals surface area contributed by atoms with Crippen molar-refractivity contribution in [3.63, 3.8) is 0 Å². The van der Waals surface area contributed by atoms with Gasteiger partial charge in [-0.1, -0.05) is 42.5 Å². The molecule has 0 atom stereocenters. The first kappa shape index (κ1) is 24.9. The molecule has 0 saturated heterocycles. The van der Waals surface area contributed by atoms with Crippen LogP contribution < -0.4 is 0 Å². The van der Waals surface area contributed by atoms with Gasteiger partial charge in [-0.2, -0.15) is 0 Å². The topological polar surface area (TPSA) is 82.1 Å². The summed E-state index contributed by atoms with van der Waals surface area (Å²) in [5.74, 6) is -0.644. The largest absolute Gasteiger partial charge is 0.466 e. The van der Waals surface area contributed by atoms with Gasteiger partial charge in [-0.05, 0) is 63.3 Å². The lowest BCUT2D eigenvalue weighted by molar-refractivity contribution is -0.148. The van der Waals surface area contributed by atoms with E-state index in [4.69, 9.17) is 14.2 Å². The van der Waals surface area contributed by atoms with Crippen LogP contribution in [0.4, 0.5) is 4.79 Å². The van der Waals surface area contributed by atoms with Crippen molar-refractivity contribution >= 4 is 18.0 Å². The van der Waals surface area contributed by atoms with E-state index in [0.29, 0.717) is 31.6 Å². The maximum absolute atomic E-state index is 13.1. The number of esters is 1. The number of nitrogens with zero attached hydrogens (tertiary/aromatic N) is 1. The van der Waals surface area contributed by atoms with Crippen LogP contribution in [0.25, 0.3) is 0 Å². The van der Waals surface area contributed by atoms with Gasteiger partial charge in [0.25, 0.3) is 5.91 Å². The maximum atomic E-state index is 13.1. The highest BCUT2D eigenvalue weighted by molar-refractivity contribution is 6.06. The fourth-order valence-corrected chi connectivity index (χ4v) is 4.78. The van der Waals surface area contributed by atoms with Crippen LogP contribution in [0.2, 0.25) is 0 Å². The van der Waals surface area contributed by atoms with E-state index in [2.05, 4.69) is 0 Å². The number of imide groups is 1. The van der Waals surface area contributed by atoms with Crippen molar-refractivity contribution in [1.29, 1.82) is 0 Å². The number of hydrogen-bond donors (Lipinski definition) is 0. The van der Waals surface area contributed by atoms with Crippen LogP contribution in [0.15, 0.2) is 48.5 Å². The van der Waals surface area contributed by atoms with Gasteiger partial charge >= 0.3 is 12.1 Å². The van der Waals surface area contributed by atoms with Gasteiger partial charge in [-0.15, -0.1) is 0 Å². The lowest BCUT2D eigenvalue weighted by Crippen LogP contribution is -2.47. The van der Waals surface area contributed by atoms with Gasteiger partial charge in [-0.3, -0.25) is 9.59 Å². The molecule has 0 N–H and O–H groups in total. The highest BCUT2D eigenvalue weighted by Crippen LogP contribution is 2.49. The molecule has 7 heteroatoms. The van der Waals surface area contributed by atoms with Gasteiger partial charge < -0.3 is 14.2 Å². The first-order valence-corrected chi connectivity index (χ1v) is 12.1. The average Bonchev–Trinajstić information content (AvgIpc) is 3.11. The summed E-state index contributed by atoms with van der Waals surface area (Å²) in [6.07, 6.45) is 0.879. The van der Waals surface area contributed by atoms with Crippen molar-refractivity contribution in [1.82, 2.24) is 4.90 Å². The number of ether oxygens (including phenoxy) is 3. The van der Waals surface area contributed by atoms with E-state index in [-0.39, 0.29) is 30.9 Å². The van der Waals surface area contributed by atoms with Crippen LogP contribution in [0.5, 0.6) is 0 Å². The van der Waals surface area contributed by atoms with E-state index in [1.54, 1.807) is 27.7 Å². The summed E-state index contributed by atoms with van der Waals surface area (Å²) in [7, 11) is 0. The van der Waals surface area contributed by atoms with Crippen molar-refractivity contribution < 1.29 is 28.6 Å². The molecule has 0 spiro atoms. The van der Waals surface area contributed by atoms with Crippen molar-refractivity contribution in [2.45, 2.75) is 77.2 Å². The summed E-state index contributed by atoms with van der Waals surface area (Å²) in [6.45, 7) is 8.09. The molecule has 4 rings (SSSR count). The minimum absolute atomic E-state index is 0.00634. The molecule has 2 aliphatic rings. The zero-order valence-corrected chi connectivity index (χ0v) is 20.8. The SMILES string of the molecule is CCOC(=O)CC1(c2ccc3c(c2)C(=O)N(C(=O)OC(C)(C)C)C3)CC(OCc2ccccc2)C1. The Hall–Kier alpha value is -3.19.